The number of benzene rings is 3. The van der Waals surface area contributed by atoms with Gasteiger partial charge in [0, 0.05) is 16.3 Å². The number of hydrogen-bond donors (Lipinski definition) is 1. The third-order valence-electron chi connectivity index (χ3n) is 5.76. The number of anilines is 1. The quantitative estimate of drug-likeness (QED) is 0.326. The van der Waals surface area contributed by atoms with Crippen LogP contribution in [0.15, 0.2) is 59.5 Å². The molecule has 1 fully saturated rings. The summed E-state index contributed by atoms with van der Waals surface area (Å²) in [5.41, 5.74) is 3.32. The van der Waals surface area contributed by atoms with E-state index in [1.807, 2.05) is 32.0 Å². The van der Waals surface area contributed by atoms with Crippen LogP contribution in [0, 0.1) is 19.7 Å². The molecule has 3 amide bonds. The first kappa shape index (κ1) is 27.2. The lowest BCUT2D eigenvalue weighted by Crippen LogP contribution is -2.28. The molecule has 0 aromatic heterocycles. The lowest BCUT2D eigenvalue weighted by Gasteiger charge is -2.14. The maximum absolute atomic E-state index is 14.2. The molecule has 4 rings (SSSR count). The number of hydrogen-bond acceptors (Lipinski definition) is 6. The predicted molar refractivity (Wildman–Crippen MR) is 146 cm³/mol. The summed E-state index contributed by atoms with van der Waals surface area (Å²) in [6.45, 7) is 3.34. The van der Waals surface area contributed by atoms with Gasteiger partial charge in [-0.05, 0) is 78.7 Å². The first-order chi connectivity index (χ1) is 18.2. The third kappa shape index (κ3) is 6.17. The molecule has 1 aliphatic heterocycles. The molecular formula is C28H24ClFN2O5S. The summed E-state index contributed by atoms with van der Waals surface area (Å²) in [6.07, 6.45) is 1.54. The molecule has 1 N–H and O–H groups in total. The minimum Gasteiger partial charge on any atom is -0.493 e. The van der Waals surface area contributed by atoms with Gasteiger partial charge in [-0.15, -0.1) is 0 Å². The Morgan fingerprint density at radius 1 is 1.11 bits per heavy atom. The highest BCUT2D eigenvalue weighted by atomic mass is 35.5. The van der Waals surface area contributed by atoms with Gasteiger partial charge in [-0.2, -0.15) is 0 Å². The van der Waals surface area contributed by atoms with Crippen LogP contribution in [-0.2, 0) is 16.1 Å². The maximum atomic E-state index is 14.2. The molecule has 1 heterocycles. The Balaban J connectivity index is 1.44. The van der Waals surface area contributed by atoms with Crippen LogP contribution < -0.4 is 14.8 Å². The van der Waals surface area contributed by atoms with Gasteiger partial charge in [0.2, 0.25) is 0 Å². The standard InChI is InChI=1S/C28H24ClFN2O5S/c1-16-7-8-17(2)22(11-16)31-26(33)15-37-23-10-9-18(12-24(23)36-3)13-25-27(34)32(28(35)38-25)14-19-20(29)5-4-6-21(19)30/h4-13H,14-15H2,1-3H3,(H,31,33)/b25-13-. The zero-order chi connectivity index (χ0) is 27.4. The number of halogens is 2. The molecule has 7 nitrogen and oxygen atoms in total. The number of ether oxygens (including phenoxy) is 2. The molecule has 3 aromatic carbocycles. The van der Waals surface area contributed by atoms with Crippen molar-refractivity contribution in [3.63, 3.8) is 0 Å². The van der Waals surface area contributed by atoms with Crippen molar-refractivity contribution in [1.82, 2.24) is 4.90 Å². The molecule has 38 heavy (non-hydrogen) atoms. The Hall–Kier alpha value is -3.82. The molecule has 0 radical (unpaired) electrons. The van der Waals surface area contributed by atoms with Crippen molar-refractivity contribution in [1.29, 1.82) is 0 Å². The highest BCUT2D eigenvalue weighted by Gasteiger charge is 2.36. The largest absolute Gasteiger partial charge is 0.493 e. The Labute approximate surface area is 228 Å². The minimum atomic E-state index is -0.594. The molecule has 0 spiro atoms. The van der Waals surface area contributed by atoms with Gasteiger partial charge in [-0.3, -0.25) is 19.3 Å². The Kier molecular flexibility index (Phi) is 8.38. The van der Waals surface area contributed by atoms with Gasteiger partial charge in [0.25, 0.3) is 17.1 Å². The minimum absolute atomic E-state index is 0.0717. The van der Waals surface area contributed by atoms with E-state index in [0.717, 1.165) is 27.8 Å². The lowest BCUT2D eigenvalue weighted by molar-refractivity contribution is -0.123. The second kappa shape index (κ2) is 11.7. The van der Waals surface area contributed by atoms with E-state index in [0.29, 0.717) is 22.7 Å². The molecule has 1 aliphatic rings. The summed E-state index contributed by atoms with van der Waals surface area (Å²) in [6, 6.07) is 14.9. The van der Waals surface area contributed by atoms with Crippen LogP contribution >= 0.6 is 23.4 Å². The van der Waals surface area contributed by atoms with Crippen LogP contribution in [0.25, 0.3) is 6.08 Å². The number of rotatable bonds is 8. The Bertz CT molecular complexity index is 1440. The molecule has 10 heteroatoms. The van der Waals surface area contributed by atoms with E-state index in [1.54, 1.807) is 18.2 Å². The molecule has 0 bridgehead atoms. The van der Waals surface area contributed by atoms with Gasteiger partial charge in [0.05, 0.1) is 18.6 Å². The van der Waals surface area contributed by atoms with Crippen molar-refractivity contribution >= 4 is 52.2 Å². The first-order valence-electron chi connectivity index (χ1n) is 11.5. The van der Waals surface area contributed by atoms with E-state index in [4.69, 9.17) is 21.1 Å². The zero-order valence-electron chi connectivity index (χ0n) is 20.8. The lowest BCUT2D eigenvalue weighted by atomic mass is 10.1. The number of nitrogens with zero attached hydrogens (tertiary/aromatic N) is 1. The average molecular weight is 555 g/mol. The van der Waals surface area contributed by atoms with Gasteiger partial charge in [-0.1, -0.05) is 35.9 Å². The number of methoxy groups -OCH3 is 1. The van der Waals surface area contributed by atoms with Gasteiger partial charge in [0.15, 0.2) is 18.1 Å². The van der Waals surface area contributed by atoms with E-state index < -0.39 is 17.0 Å². The highest BCUT2D eigenvalue weighted by Crippen LogP contribution is 2.36. The topological polar surface area (TPSA) is 84.9 Å². The summed E-state index contributed by atoms with van der Waals surface area (Å²) in [4.78, 5) is 38.9. The van der Waals surface area contributed by atoms with Crippen molar-refractivity contribution in [2.24, 2.45) is 0 Å². The smallest absolute Gasteiger partial charge is 0.293 e. The second-order valence-electron chi connectivity index (χ2n) is 8.53. The van der Waals surface area contributed by atoms with Gasteiger partial charge < -0.3 is 14.8 Å². The van der Waals surface area contributed by atoms with Crippen molar-refractivity contribution in [3.8, 4) is 11.5 Å². The molecular weight excluding hydrogens is 531 g/mol. The van der Waals surface area contributed by atoms with Crippen LogP contribution in [0.4, 0.5) is 14.9 Å². The SMILES string of the molecule is COc1cc(/C=C2\SC(=O)N(Cc3c(F)cccc3Cl)C2=O)ccc1OCC(=O)Nc1cc(C)ccc1C. The normalized spacial score (nSPS) is 14.2. The van der Waals surface area contributed by atoms with Crippen LogP contribution in [0.2, 0.25) is 5.02 Å². The van der Waals surface area contributed by atoms with E-state index >= 15 is 0 Å². The Morgan fingerprint density at radius 2 is 1.89 bits per heavy atom. The number of carbonyl (C=O) groups is 3. The van der Waals surface area contributed by atoms with E-state index in [2.05, 4.69) is 5.32 Å². The first-order valence-corrected chi connectivity index (χ1v) is 12.7. The van der Waals surface area contributed by atoms with Crippen molar-refractivity contribution in [2.75, 3.05) is 19.0 Å². The summed E-state index contributed by atoms with van der Waals surface area (Å²) >= 11 is 6.81. The zero-order valence-corrected chi connectivity index (χ0v) is 22.4. The summed E-state index contributed by atoms with van der Waals surface area (Å²) < 4.78 is 25.2. The predicted octanol–water partition coefficient (Wildman–Crippen LogP) is 6.36. The monoisotopic (exact) mass is 554 g/mol. The molecule has 196 valence electrons. The Morgan fingerprint density at radius 3 is 2.63 bits per heavy atom. The van der Waals surface area contributed by atoms with Crippen molar-refractivity contribution < 1.29 is 28.2 Å². The van der Waals surface area contributed by atoms with Crippen molar-refractivity contribution in [3.05, 3.63) is 92.6 Å². The molecule has 0 aliphatic carbocycles. The average Bonchev–Trinajstić information content (AvgIpc) is 3.14. The van der Waals surface area contributed by atoms with Crippen LogP contribution in [-0.4, -0.2) is 35.7 Å². The fourth-order valence-electron chi connectivity index (χ4n) is 3.72. The van der Waals surface area contributed by atoms with Crippen LogP contribution in [0.1, 0.15) is 22.3 Å². The number of imide groups is 1. The number of carbonyl (C=O) groups excluding carboxylic acids is 3. The fourth-order valence-corrected chi connectivity index (χ4v) is 4.78. The summed E-state index contributed by atoms with van der Waals surface area (Å²) in [5.74, 6) is -0.794. The van der Waals surface area contributed by atoms with Crippen LogP contribution in [0.3, 0.4) is 0 Å². The number of thioether (sulfide) groups is 1. The molecule has 0 atom stereocenters. The number of amides is 3. The number of nitrogens with one attached hydrogen (secondary N) is 1. The van der Waals surface area contributed by atoms with Gasteiger partial charge in [0.1, 0.15) is 5.82 Å². The van der Waals surface area contributed by atoms with Crippen molar-refractivity contribution in [2.45, 2.75) is 20.4 Å². The molecule has 3 aromatic rings. The second-order valence-corrected chi connectivity index (χ2v) is 9.93. The highest BCUT2D eigenvalue weighted by molar-refractivity contribution is 8.18. The number of aryl methyl sites for hydroxylation is 2. The van der Waals surface area contributed by atoms with E-state index in [9.17, 15) is 18.8 Å². The van der Waals surface area contributed by atoms with E-state index in [1.165, 1.54) is 31.4 Å². The molecule has 1 saturated heterocycles. The summed E-state index contributed by atoms with van der Waals surface area (Å²) in [7, 11) is 1.45. The molecule has 0 saturated carbocycles. The van der Waals surface area contributed by atoms with Crippen LogP contribution in [0.5, 0.6) is 11.5 Å². The van der Waals surface area contributed by atoms with Gasteiger partial charge in [-0.25, -0.2) is 4.39 Å². The summed E-state index contributed by atoms with van der Waals surface area (Å²) in [5, 5.41) is 2.44. The van der Waals surface area contributed by atoms with Gasteiger partial charge >= 0.3 is 0 Å². The third-order valence-corrected chi connectivity index (χ3v) is 7.02. The fraction of sp³-hybridized carbons (Fsp3) is 0.179. The maximum Gasteiger partial charge on any atom is 0.293 e. The van der Waals surface area contributed by atoms with E-state index in [-0.39, 0.29) is 34.6 Å². The molecule has 0 unspecified atom stereocenters.